The molecule has 0 aromatic heterocycles. The van der Waals surface area contributed by atoms with E-state index in [-0.39, 0.29) is 11.9 Å². The molecule has 0 radical (unpaired) electrons. The van der Waals surface area contributed by atoms with Crippen LogP contribution in [0.25, 0.3) is 0 Å². The summed E-state index contributed by atoms with van der Waals surface area (Å²) in [5.74, 6) is 0.744. The average Bonchev–Trinajstić information content (AvgIpc) is 2.78. The number of methoxy groups -OCH3 is 1. The zero-order valence-corrected chi connectivity index (χ0v) is 10.3. The maximum atomic E-state index is 11.4. The van der Waals surface area contributed by atoms with Crippen molar-refractivity contribution in [3.05, 3.63) is 23.3 Å². The van der Waals surface area contributed by atoms with Crippen LogP contribution in [0.1, 0.15) is 17.2 Å². The second-order valence-electron chi connectivity index (χ2n) is 4.56. The van der Waals surface area contributed by atoms with Gasteiger partial charge in [-0.3, -0.25) is 4.79 Å². The molecular weight excluding hydrogens is 232 g/mol. The van der Waals surface area contributed by atoms with Gasteiger partial charge in [0.25, 0.3) is 0 Å². The van der Waals surface area contributed by atoms with E-state index in [2.05, 4.69) is 16.7 Å². The number of anilines is 1. The number of fused-ring (bicyclic) bond motifs is 1. The van der Waals surface area contributed by atoms with Gasteiger partial charge in [0.15, 0.2) is 0 Å². The molecule has 5 heteroatoms. The molecule has 0 spiro atoms. The molecule has 2 N–H and O–H groups in total. The van der Waals surface area contributed by atoms with Crippen LogP contribution in [0.5, 0.6) is 5.75 Å². The Hall–Kier alpha value is -1.59. The first-order valence-electron chi connectivity index (χ1n) is 6.09. The minimum Gasteiger partial charge on any atom is -0.495 e. The van der Waals surface area contributed by atoms with Gasteiger partial charge >= 0.3 is 0 Å². The molecule has 1 aromatic carbocycles. The molecule has 1 unspecified atom stereocenters. The number of ether oxygens (including phenoxy) is 2. The van der Waals surface area contributed by atoms with Crippen LogP contribution in [-0.2, 0) is 16.0 Å². The fourth-order valence-electron chi connectivity index (χ4n) is 2.48. The summed E-state index contributed by atoms with van der Waals surface area (Å²) >= 11 is 0. The summed E-state index contributed by atoms with van der Waals surface area (Å²) in [6.45, 7) is 2.25. The van der Waals surface area contributed by atoms with Crippen LogP contribution >= 0.6 is 0 Å². The summed E-state index contributed by atoms with van der Waals surface area (Å²) in [4.78, 5) is 11.4. The first-order valence-corrected chi connectivity index (χ1v) is 6.09. The predicted molar refractivity (Wildman–Crippen MR) is 66.9 cm³/mol. The molecule has 0 bridgehead atoms. The van der Waals surface area contributed by atoms with E-state index in [0.29, 0.717) is 13.0 Å². The van der Waals surface area contributed by atoms with E-state index in [1.54, 1.807) is 7.11 Å². The molecule has 1 atom stereocenters. The predicted octanol–water partition coefficient (Wildman–Crippen LogP) is 0.851. The van der Waals surface area contributed by atoms with Crippen molar-refractivity contribution in [2.75, 3.05) is 32.2 Å². The van der Waals surface area contributed by atoms with Gasteiger partial charge in [-0.15, -0.1) is 0 Å². The summed E-state index contributed by atoms with van der Waals surface area (Å²) in [5, 5.41) is 6.23. The number of benzene rings is 1. The topological polar surface area (TPSA) is 59.6 Å². The van der Waals surface area contributed by atoms with Crippen molar-refractivity contribution in [3.63, 3.8) is 0 Å². The highest BCUT2D eigenvalue weighted by Gasteiger charge is 2.25. The van der Waals surface area contributed by atoms with Crippen molar-refractivity contribution < 1.29 is 14.3 Å². The number of amides is 1. The second kappa shape index (κ2) is 4.59. The van der Waals surface area contributed by atoms with Gasteiger partial charge in [-0.25, -0.2) is 0 Å². The Morgan fingerprint density at radius 1 is 1.44 bits per heavy atom. The van der Waals surface area contributed by atoms with Crippen molar-refractivity contribution in [2.45, 2.75) is 12.5 Å². The van der Waals surface area contributed by atoms with E-state index in [4.69, 9.17) is 9.47 Å². The lowest BCUT2D eigenvalue weighted by molar-refractivity contribution is -0.115. The van der Waals surface area contributed by atoms with Crippen LogP contribution in [0.3, 0.4) is 0 Å². The van der Waals surface area contributed by atoms with Crippen molar-refractivity contribution >= 4 is 11.6 Å². The Balaban J connectivity index is 1.96. The third kappa shape index (κ3) is 1.95. The molecule has 1 fully saturated rings. The fourth-order valence-corrected chi connectivity index (χ4v) is 2.48. The summed E-state index contributed by atoms with van der Waals surface area (Å²) < 4.78 is 10.8. The first kappa shape index (κ1) is 11.5. The monoisotopic (exact) mass is 248 g/mol. The Labute approximate surface area is 105 Å². The number of hydrogen-bond acceptors (Lipinski definition) is 4. The van der Waals surface area contributed by atoms with Crippen LogP contribution < -0.4 is 15.4 Å². The number of morpholine rings is 1. The first-order chi connectivity index (χ1) is 8.78. The highest BCUT2D eigenvalue weighted by molar-refractivity contribution is 6.01. The Bertz CT molecular complexity index is 481. The Morgan fingerprint density at radius 3 is 3.06 bits per heavy atom. The minimum atomic E-state index is 0.0216. The van der Waals surface area contributed by atoms with E-state index in [1.165, 1.54) is 0 Å². The van der Waals surface area contributed by atoms with Gasteiger partial charge < -0.3 is 20.1 Å². The smallest absolute Gasteiger partial charge is 0.228 e. The van der Waals surface area contributed by atoms with E-state index < -0.39 is 0 Å². The molecule has 2 aliphatic rings. The van der Waals surface area contributed by atoms with Crippen LogP contribution in [0, 0.1) is 0 Å². The van der Waals surface area contributed by atoms with Gasteiger partial charge in [-0.05, 0) is 17.2 Å². The minimum absolute atomic E-state index is 0.0216. The number of rotatable bonds is 2. The van der Waals surface area contributed by atoms with Gasteiger partial charge in [0.2, 0.25) is 5.91 Å². The fraction of sp³-hybridized carbons (Fsp3) is 0.462. The maximum absolute atomic E-state index is 11.4. The standard InChI is InChI=1S/C13H16N2O3/c1-17-11-5-8(10-7-18-3-2-14-10)4-9-6-12(16)15-13(9)11/h4-5,10,14H,2-3,6-7H2,1H3,(H,15,16). The average molecular weight is 248 g/mol. The summed E-state index contributed by atoms with van der Waals surface area (Å²) in [5.41, 5.74) is 2.92. The highest BCUT2D eigenvalue weighted by Crippen LogP contribution is 2.36. The number of carbonyl (C=O) groups excluding carboxylic acids is 1. The number of carbonyl (C=O) groups is 1. The van der Waals surface area contributed by atoms with E-state index >= 15 is 0 Å². The number of hydrogen-bond donors (Lipinski definition) is 2. The van der Waals surface area contributed by atoms with E-state index in [0.717, 1.165) is 35.7 Å². The lowest BCUT2D eigenvalue weighted by atomic mass is 10.0. The molecule has 1 amide bonds. The molecule has 1 aromatic rings. The molecule has 0 saturated carbocycles. The largest absolute Gasteiger partial charge is 0.495 e. The summed E-state index contributed by atoms with van der Waals surface area (Å²) in [7, 11) is 1.62. The molecule has 1 saturated heterocycles. The molecular formula is C13H16N2O3. The second-order valence-corrected chi connectivity index (χ2v) is 4.56. The summed E-state index contributed by atoms with van der Waals surface area (Å²) in [6.07, 6.45) is 0.424. The van der Waals surface area contributed by atoms with Gasteiger partial charge in [-0.2, -0.15) is 0 Å². The maximum Gasteiger partial charge on any atom is 0.228 e. The van der Waals surface area contributed by atoms with Crippen molar-refractivity contribution in [2.24, 2.45) is 0 Å². The van der Waals surface area contributed by atoms with Crippen molar-refractivity contribution in [1.29, 1.82) is 0 Å². The Kier molecular flexibility index (Phi) is 2.93. The molecule has 2 heterocycles. The van der Waals surface area contributed by atoms with E-state index in [1.807, 2.05) is 6.07 Å². The third-order valence-electron chi connectivity index (χ3n) is 3.37. The Morgan fingerprint density at radius 2 is 2.33 bits per heavy atom. The normalized spacial score (nSPS) is 22.5. The van der Waals surface area contributed by atoms with Crippen molar-refractivity contribution in [1.82, 2.24) is 5.32 Å². The van der Waals surface area contributed by atoms with Gasteiger partial charge in [0, 0.05) is 6.54 Å². The zero-order valence-electron chi connectivity index (χ0n) is 10.3. The SMILES string of the molecule is COc1cc(C2COCCN2)cc2c1NC(=O)C2. The molecule has 5 nitrogen and oxygen atoms in total. The van der Waals surface area contributed by atoms with Crippen LogP contribution in [0.4, 0.5) is 5.69 Å². The van der Waals surface area contributed by atoms with Crippen LogP contribution in [0.15, 0.2) is 12.1 Å². The molecule has 0 aliphatic carbocycles. The molecule has 96 valence electrons. The van der Waals surface area contributed by atoms with Gasteiger partial charge in [-0.1, -0.05) is 6.07 Å². The van der Waals surface area contributed by atoms with Crippen LogP contribution in [0.2, 0.25) is 0 Å². The lowest BCUT2D eigenvalue weighted by Gasteiger charge is -2.25. The summed E-state index contributed by atoms with van der Waals surface area (Å²) in [6, 6.07) is 4.20. The lowest BCUT2D eigenvalue weighted by Crippen LogP contribution is -2.34. The van der Waals surface area contributed by atoms with Crippen molar-refractivity contribution in [3.8, 4) is 5.75 Å². The zero-order chi connectivity index (χ0) is 12.5. The quantitative estimate of drug-likeness (QED) is 0.814. The number of nitrogens with one attached hydrogen (secondary N) is 2. The molecule has 2 aliphatic heterocycles. The third-order valence-corrected chi connectivity index (χ3v) is 3.37. The highest BCUT2D eigenvalue weighted by atomic mass is 16.5. The van der Waals surface area contributed by atoms with Crippen LogP contribution in [-0.4, -0.2) is 32.8 Å². The van der Waals surface area contributed by atoms with Gasteiger partial charge in [0.05, 0.1) is 38.5 Å². The molecule has 3 rings (SSSR count). The van der Waals surface area contributed by atoms with E-state index in [9.17, 15) is 4.79 Å². The molecule has 18 heavy (non-hydrogen) atoms. The van der Waals surface area contributed by atoms with Gasteiger partial charge in [0.1, 0.15) is 5.75 Å².